The summed E-state index contributed by atoms with van der Waals surface area (Å²) in [5, 5.41) is 7.25. The normalized spacial score (nSPS) is 10.3. The molecule has 0 aliphatic carbocycles. The number of aromatic nitrogens is 2. The molecule has 0 atom stereocenters. The van der Waals surface area contributed by atoms with E-state index in [4.69, 9.17) is 11.5 Å². The maximum Gasteiger partial charge on any atom is 0.248 e. The molecule has 0 aliphatic heterocycles. The topological polar surface area (TPSA) is 99.0 Å². The van der Waals surface area contributed by atoms with Gasteiger partial charge in [0.15, 0.2) is 0 Å². The van der Waals surface area contributed by atoms with Crippen molar-refractivity contribution in [2.24, 2.45) is 12.8 Å². The summed E-state index contributed by atoms with van der Waals surface area (Å²) in [7, 11) is 1.79. The van der Waals surface area contributed by atoms with Gasteiger partial charge in [-0.2, -0.15) is 5.10 Å². The molecular formula is C12H15N5O. The van der Waals surface area contributed by atoms with E-state index in [1.54, 1.807) is 42.2 Å². The summed E-state index contributed by atoms with van der Waals surface area (Å²) in [4.78, 5) is 10.9. The Kier molecular flexibility index (Phi) is 3.18. The van der Waals surface area contributed by atoms with Gasteiger partial charge in [-0.3, -0.25) is 9.48 Å². The van der Waals surface area contributed by atoms with Gasteiger partial charge >= 0.3 is 0 Å². The number of carbonyl (C=O) groups is 1. The Morgan fingerprint density at radius 2 is 2.06 bits per heavy atom. The third-order valence-electron chi connectivity index (χ3n) is 2.72. The summed E-state index contributed by atoms with van der Waals surface area (Å²) in [5.74, 6) is 0.203. The molecule has 0 bridgehead atoms. The summed E-state index contributed by atoms with van der Waals surface area (Å²) in [5.41, 5.74) is 13.3. The van der Waals surface area contributed by atoms with Crippen molar-refractivity contribution in [3.05, 3.63) is 41.6 Å². The van der Waals surface area contributed by atoms with Crippen molar-refractivity contribution in [3.63, 3.8) is 0 Å². The number of carbonyl (C=O) groups excluding carboxylic acids is 1. The fraction of sp³-hybridized carbons (Fsp3) is 0.167. The molecule has 2 rings (SSSR count). The van der Waals surface area contributed by atoms with Crippen LogP contribution in [0.5, 0.6) is 0 Å². The minimum absolute atomic E-state index is 0.432. The second-order valence-electron chi connectivity index (χ2n) is 3.97. The second kappa shape index (κ2) is 4.79. The number of benzene rings is 1. The molecule has 94 valence electrons. The van der Waals surface area contributed by atoms with Crippen molar-refractivity contribution < 1.29 is 4.79 Å². The highest BCUT2D eigenvalue weighted by Crippen LogP contribution is 2.14. The Labute approximate surface area is 105 Å². The van der Waals surface area contributed by atoms with Gasteiger partial charge in [0.2, 0.25) is 5.91 Å². The predicted octanol–water partition coefficient (Wildman–Crippen LogP) is 0.713. The molecule has 1 aromatic carbocycles. The van der Waals surface area contributed by atoms with Crippen LogP contribution < -0.4 is 16.8 Å². The lowest BCUT2D eigenvalue weighted by atomic mass is 10.2. The van der Waals surface area contributed by atoms with Gasteiger partial charge in [0.05, 0.1) is 6.20 Å². The lowest BCUT2D eigenvalue weighted by molar-refractivity contribution is 0.100. The van der Waals surface area contributed by atoms with Gasteiger partial charge in [-0.25, -0.2) is 0 Å². The smallest absolute Gasteiger partial charge is 0.248 e. The van der Waals surface area contributed by atoms with Gasteiger partial charge in [-0.05, 0) is 24.3 Å². The summed E-state index contributed by atoms with van der Waals surface area (Å²) >= 11 is 0. The van der Waals surface area contributed by atoms with Crippen LogP contribution in [0.2, 0.25) is 0 Å². The minimum Gasteiger partial charge on any atom is -0.384 e. The van der Waals surface area contributed by atoms with Crippen LogP contribution in [0.25, 0.3) is 0 Å². The van der Waals surface area contributed by atoms with E-state index >= 15 is 0 Å². The molecule has 18 heavy (non-hydrogen) atoms. The van der Waals surface area contributed by atoms with Crippen LogP contribution in [-0.2, 0) is 13.6 Å². The van der Waals surface area contributed by atoms with E-state index in [1.807, 2.05) is 0 Å². The van der Waals surface area contributed by atoms with Crippen LogP contribution >= 0.6 is 0 Å². The highest BCUT2D eigenvalue weighted by Gasteiger charge is 2.04. The van der Waals surface area contributed by atoms with E-state index in [0.717, 1.165) is 11.3 Å². The Balaban J connectivity index is 2.02. The van der Waals surface area contributed by atoms with Crippen molar-refractivity contribution >= 4 is 17.4 Å². The van der Waals surface area contributed by atoms with Crippen molar-refractivity contribution in [2.45, 2.75) is 6.54 Å². The molecule has 5 N–H and O–H groups in total. The SMILES string of the molecule is Cn1ncc(CNc2ccc(C(N)=O)cc2)c1N. The number of anilines is 2. The van der Waals surface area contributed by atoms with E-state index < -0.39 is 5.91 Å². The van der Waals surface area contributed by atoms with Crippen LogP contribution in [0.15, 0.2) is 30.5 Å². The summed E-state index contributed by atoms with van der Waals surface area (Å²) < 4.78 is 1.62. The Hall–Kier alpha value is -2.50. The first-order valence-electron chi connectivity index (χ1n) is 5.48. The molecular weight excluding hydrogens is 230 g/mol. The van der Waals surface area contributed by atoms with Crippen molar-refractivity contribution in [3.8, 4) is 0 Å². The number of nitrogens with one attached hydrogen (secondary N) is 1. The predicted molar refractivity (Wildman–Crippen MR) is 69.9 cm³/mol. The number of nitrogens with two attached hydrogens (primary N) is 2. The van der Waals surface area contributed by atoms with Crippen LogP contribution in [0.3, 0.4) is 0 Å². The maximum absolute atomic E-state index is 10.9. The fourth-order valence-electron chi connectivity index (χ4n) is 1.58. The number of nitrogens with zero attached hydrogens (tertiary/aromatic N) is 2. The van der Waals surface area contributed by atoms with E-state index in [-0.39, 0.29) is 0 Å². The highest BCUT2D eigenvalue weighted by molar-refractivity contribution is 5.93. The summed E-state index contributed by atoms with van der Waals surface area (Å²) in [6.07, 6.45) is 1.72. The monoisotopic (exact) mass is 245 g/mol. The first-order chi connectivity index (χ1) is 8.58. The Morgan fingerprint density at radius 1 is 1.39 bits per heavy atom. The molecule has 1 heterocycles. The van der Waals surface area contributed by atoms with E-state index in [1.165, 1.54) is 0 Å². The van der Waals surface area contributed by atoms with Crippen LogP contribution in [0.1, 0.15) is 15.9 Å². The van der Waals surface area contributed by atoms with E-state index in [9.17, 15) is 4.79 Å². The number of nitrogen functional groups attached to an aromatic ring is 1. The van der Waals surface area contributed by atoms with E-state index in [0.29, 0.717) is 17.9 Å². The molecule has 6 nitrogen and oxygen atoms in total. The van der Waals surface area contributed by atoms with Crippen molar-refractivity contribution in [1.29, 1.82) is 0 Å². The molecule has 0 saturated carbocycles. The number of primary amides is 1. The third-order valence-corrected chi connectivity index (χ3v) is 2.72. The molecule has 1 aromatic heterocycles. The van der Waals surface area contributed by atoms with Gasteiger partial charge in [-0.15, -0.1) is 0 Å². The van der Waals surface area contributed by atoms with Crippen molar-refractivity contribution in [2.75, 3.05) is 11.1 Å². The zero-order valence-electron chi connectivity index (χ0n) is 10.1. The Morgan fingerprint density at radius 3 is 2.56 bits per heavy atom. The van der Waals surface area contributed by atoms with Crippen LogP contribution in [0.4, 0.5) is 11.5 Å². The maximum atomic E-state index is 10.9. The summed E-state index contributed by atoms with van der Waals surface area (Å²) in [6.45, 7) is 0.579. The van der Waals surface area contributed by atoms with Gasteiger partial charge in [0.1, 0.15) is 5.82 Å². The van der Waals surface area contributed by atoms with Gasteiger partial charge in [-0.1, -0.05) is 0 Å². The number of amides is 1. The van der Waals surface area contributed by atoms with Gasteiger partial charge in [0.25, 0.3) is 0 Å². The molecule has 0 aliphatic rings. The fourth-order valence-corrected chi connectivity index (χ4v) is 1.58. The Bertz CT molecular complexity index is 558. The number of hydrogen-bond donors (Lipinski definition) is 3. The molecule has 0 fully saturated rings. The largest absolute Gasteiger partial charge is 0.384 e. The van der Waals surface area contributed by atoms with E-state index in [2.05, 4.69) is 10.4 Å². The first-order valence-corrected chi connectivity index (χ1v) is 5.48. The number of hydrogen-bond acceptors (Lipinski definition) is 4. The molecule has 0 saturated heterocycles. The standard InChI is InChI=1S/C12H15N5O/c1-17-11(13)9(7-16-17)6-15-10-4-2-8(3-5-10)12(14)18/h2-5,7,15H,6,13H2,1H3,(H2,14,18). The number of aryl methyl sites for hydroxylation is 1. The number of rotatable bonds is 4. The van der Waals surface area contributed by atoms with Crippen LogP contribution in [-0.4, -0.2) is 15.7 Å². The molecule has 2 aromatic rings. The molecule has 1 amide bonds. The zero-order valence-corrected chi connectivity index (χ0v) is 10.1. The van der Waals surface area contributed by atoms with Gasteiger partial charge < -0.3 is 16.8 Å². The zero-order chi connectivity index (χ0) is 13.1. The lowest BCUT2D eigenvalue weighted by Crippen LogP contribution is -2.10. The van der Waals surface area contributed by atoms with Crippen LogP contribution in [0, 0.1) is 0 Å². The highest BCUT2D eigenvalue weighted by atomic mass is 16.1. The second-order valence-corrected chi connectivity index (χ2v) is 3.97. The molecule has 0 unspecified atom stereocenters. The quantitative estimate of drug-likeness (QED) is 0.738. The van der Waals surface area contributed by atoms with Gasteiger partial charge in [0, 0.05) is 30.4 Å². The molecule has 0 radical (unpaired) electrons. The molecule has 6 heteroatoms. The first kappa shape index (κ1) is 12.0. The average molecular weight is 245 g/mol. The minimum atomic E-state index is -0.432. The third kappa shape index (κ3) is 2.42. The summed E-state index contributed by atoms with van der Waals surface area (Å²) in [6, 6.07) is 6.95. The average Bonchev–Trinajstić information content (AvgIpc) is 2.68. The molecule has 0 spiro atoms. The lowest BCUT2D eigenvalue weighted by Gasteiger charge is -2.06. The van der Waals surface area contributed by atoms with Crippen molar-refractivity contribution in [1.82, 2.24) is 9.78 Å².